The molecule has 8 nitrogen and oxygen atoms in total. The zero-order chi connectivity index (χ0) is 34.4. The molecule has 0 amide bonds. The third-order valence-corrected chi connectivity index (χ3v) is 7.75. The van der Waals surface area contributed by atoms with Crippen LogP contribution in [0.4, 0.5) is 4.70 Å². The number of allylic oxidation sites excluding steroid dienone is 1. The van der Waals surface area contributed by atoms with Crippen molar-refractivity contribution < 1.29 is 42.8 Å². The number of hydrogen-bond acceptors (Lipinski definition) is 8. The molecule has 0 saturated carbocycles. The van der Waals surface area contributed by atoms with Gasteiger partial charge in [0.2, 0.25) is 0 Å². The molecule has 2 aromatic carbocycles. The number of ketones is 1. The Labute approximate surface area is 285 Å². The van der Waals surface area contributed by atoms with E-state index in [1.807, 2.05) is 80.6 Å². The average molecular weight is 669 g/mol. The molecule has 4 unspecified atom stereocenters. The van der Waals surface area contributed by atoms with Gasteiger partial charge >= 0.3 is 17.9 Å². The van der Waals surface area contributed by atoms with Crippen molar-refractivity contribution in [2.24, 2.45) is 0 Å². The first-order valence-corrected chi connectivity index (χ1v) is 16.7. The Hall–Kier alpha value is -4.11. The molecule has 4 atom stereocenters. The molecule has 0 N–H and O–H groups in total. The van der Waals surface area contributed by atoms with Gasteiger partial charge in [0.1, 0.15) is 24.1 Å². The van der Waals surface area contributed by atoms with E-state index in [-0.39, 0.29) is 42.3 Å². The maximum absolute atomic E-state index is 13.1. The van der Waals surface area contributed by atoms with Gasteiger partial charge in [-0.05, 0) is 62.1 Å². The molecule has 0 spiro atoms. The number of carbonyl (C=O) groups is 4. The highest BCUT2D eigenvalue weighted by Crippen LogP contribution is 2.18. The van der Waals surface area contributed by atoms with Crippen LogP contribution < -0.4 is 0 Å². The first kappa shape index (κ1) is 41.9. The predicted molar refractivity (Wildman–Crippen MR) is 186 cm³/mol. The zero-order valence-corrected chi connectivity index (χ0v) is 28.9. The second-order valence-corrected chi connectivity index (χ2v) is 11.7. The Kier molecular flexibility index (Phi) is 21.0. The quantitative estimate of drug-likeness (QED) is 0.0674. The van der Waals surface area contributed by atoms with E-state index in [0.717, 1.165) is 29.5 Å². The zero-order valence-electron chi connectivity index (χ0n) is 28.9. The second kappa shape index (κ2) is 24.1. The number of hydrogen-bond donors (Lipinski definition) is 0. The van der Waals surface area contributed by atoms with Crippen LogP contribution in [0.2, 0.25) is 0 Å². The van der Waals surface area contributed by atoms with E-state index < -0.39 is 36.2 Å². The number of esters is 3. The third-order valence-electron chi connectivity index (χ3n) is 7.75. The molecule has 0 heterocycles. The third kappa shape index (κ3) is 17.7. The summed E-state index contributed by atoms with van der Waals surface area (Å²) >= 11 is 0. The number of rotatable bonds is 23. The van der Waals surface area contributed by atoms with Gasteiger partial charge in [-0.1, -0.05) is 93.3 Å². The van der Waals surface area contributed by atoms with Crippen molar-refractivity contribution in [1.82, 2.24) is 0 Å². The Balaban J connectivity index is 0.0000115. The minimum atomic E-state index is -0.714. The van der Waals surface area contributed by atoms with Crippen LogP contribution >= 0.6 is 0 Å². The lowest BCUT2D eigenvalue weighted by molar-refractivity contribution is -0.162. The van der Waals surface area contributed by atoms with Crippen LogP contribution in [-0.4, -0.2) is 55.2 Å². The van der Waals surface area contributed by atoms with Crippen LogP contribution in [0.1, 0.15) is 95.2 Å². The first-order chi connectivity index (χ1) is 22.6. The number of aryl methyl sites for hydroxylation is 2. The molecule has 0 aliphatic carbocycles. The first-order valence-electron chi connectivity index (χ1n) is 16.7. The normalized spacial score (nSPS) is 13.4. The molecule has 2 rings (SSSR count). The van der Waals surface area contributed by atoms with Gasteiger partial charge in [-0.15, -0.1) is 0 Å². The van der Waals surface area contributed by atoms with Gasteiger partial charge in [-0.3, -0.25) is 23.9 Å². The van der Waals surface area contributed by atoms with E-state index in [1.54, 1.807) is 13.2 Å². The molecule has 9 heteroatoms. The predicted octanol–water partition coefficient (Wildman–Crippen LogP) is 7.71. The van der Waals surface area contributed by atoms with Crippen molar-refractivity contribution >= 4 is 29.8 Å². The molecular weight excluding hydrogens is 615 g/mol. The number of Topliss-reactive ketones (excluding diaryl/α,β-unsaturated/α-hetero) is 1. The van der Waals surface area contributed by atoms with Crippen LogP contribution in [0.5, 0.6) is 0 Å². The largest absolute Gasteiger partial charge is 0.462 e. The highest BCUT2D eigenvalue weighted by molar-refractivity contribution is 5.77. The van der Waals surface area contributed by atoms with Gasteiger partial charge in [-0.2, -0.15) is 0 Å². The SMILES string of the molecule is C=Cc1ccc(CCC(CC(=O)OC(CCc2ccccc2)CC(=O)OC(CC)CC(=O)OC(CC=CCC)CC(C)=O)OC)cc1.F. The van der Waals surface area contributed by atoms with Crippen LogP contribution in [0.3, 0.4) is 0 Å². The Bertz CT molecular complexity index is 1270. The molecule has 264 valence electrons. The fourth-order valence-electron chi connectivity index (χ4n) is 5.06. The average Bonchev–Trinajstić information content (AvgIpc) is 3.05. The number of halogens is 1. The molecule has 0 bridgehead atoms. The van der Waals surface area contributed by atoms with Crippen molar-refractivity contribution in [3.05, 3.63) is 90.0 Å². The van der Waals surface area contributed by atoms with E-state index >= 15 is 0 Å². The van der Waals surface area contributed by atoms with Gasteiger partial charge in [-0.25, -0.2) is 0 Å². The summed E-state index contributed by atoms with van der Waals surface area (Å²) < 4.78 is 22.6. The molecule has 2 aromatic rings. The van der Waals surface area contributed by atoms with Gasteiger partial charge in [0.25, 0.3) is 0 Å². The molecule has 0 aromatic heterocycles. The summed E-state index contributed by atoms with van der Waals surface area (Å²) in [5.74, 6) is -1.62. The van der Waals surface area contributed by atoms with Crippen LogP contribution in [0.25, 0.3) is 6.08 Å². The molecule has 0 saturated heterocycles. The van der Waals surface area contributed by atoms with E-state index in [4.69, 9.17) is 18.9 Å². The Morgan fingerprint density at radius 2 is 1.21 bits per heavy atom. The van der Waals surface area contributed by atoms with E-state index in [1.165, 1.54) is 6.92 Å². The van der Waals surface area contributed by atoms with Crippen molar-refractivity contribution in [1.29, 1.82) is 0 Å². The van der Waals surface area contributed by atoms with Crippen LogP contribution in [-0.2, 0) is 51.0 Å². The molecule has 0 aliphatic heterocycles. The molecule has 0 aliphatic rings. The van der Waals surface area contributed by atoms with Gasteiger partial charge in [0, 0.05) is 20.0 Å². The lowest BCUT2D eigenvalue weighted by Crippen LogP contribution is -2.29. The lowest BCUT2D eigenvalue weighted by Gasteiger charge is -2.22. The maximum Gasteiger partial charge on any atom is 0.309 e. The lowest BCUT2D eigenvalue weighted by atomic mass is 10.0. The van der Waals surface area contributed by atoms with Crippen molar-refractivity contribution in [3.8, 4) is 0 Å². The second-order valence-electron chi connectivity index (χ2n) is 11.7. The van der Waals surface area contributed by atoms with Gasteiger partial charge in [0.15, 0.2) is 0 Å². The number of methoxy groups -OCH3 is 1. The maximum atomic E-state index is 13.1. The van der Waals surface area contributed by atoms with Crippen molar-refractivity contribution in [3.63, 3.8) is 0 Å². The van der Waals surface area contributed by atoms with E-state index in [9.17, 15) is 19.2 Å². The minimum Gasteiger partial charge on any atom is -0.462 e. The molecule has 0 fully saturated rings. The molecular formula is C39H53FO8. The topological polar surface area (TPSA) is 105 Å². The van der Waals surface area contributed by atoms with Crippen molar-refractivity contribution in [2.75, 3.05) is 7.11 Å². The summed E-state index contributed by atoms with van der Waals surface area (Å²) in [6, 6.07) is 17.8. The summed E-state index contributed by atoms with van der Waals surface area (Å²) in [7, 11) is 1.57. The van der Waals surface area contributed by atoms with E-state index in [0.29, 0.717) is 32.1 Å². The minimum absolute atomic E-state index is 0. The fraction of sp³-hybridized carbons (Fsp3) is 0.487. The molecule has 48 heavy (non-hydrogen) atoms. The monoisotopic (exact) mass is 668 g/mol. The standard InChI is InChI=1S/C39H52O8.FH/c1-6-9-11-16-35(25-29(4)40)46-37(41)26-33(8-3)45-39(43)28-36(24-22-31-14-12-10-13-15-31)47-38(42)27-34(44-5)23-21-32-19-17-30(7-2)18-20-32;/h7,9-15,17-20,33-36H,2,6,8,16,21-28H2,1,3-5H3;1H. The Morgan fingerprint density at radius 3 is 1.75 bits per heavy atom. The number of ether oxygens (including phenoxy) is 4. The summed E-state index contributed by atoms with van der Waals surface area (Å²) in [5.41, 5.74) is 3.23. The van der Waals surface area contributed by atoms with Crippen molar-refractivity contribution in [2.45, 2.75) is 116 Å². The fourth-order valence-corrected chi connectivity index (χ4v) is 5.06. The highest BCUT2D eigenvalue weighted by Gasteiger charge is 2.26. The van der Waals surface area contributed by atoms with E-state index in [2.05, 4.69) is 6.58 Å². The summed E-state index contributed by atoms with van der Waals surface area (Å²) in [4.78, 5) is 50.5. The number of benzene rings is 2. The van der Waals surface area contributed by atoms with Gasteiger partial charge in [0.05, 0.1) is 25.4 Å². The van der Waals surface area contributed by atoms with Crippen LogP contribution in [0, 0.1) is 0 Å². The van der Waals surface area contributed by atoms with Gasteiger partial charge < -0.3 is 18.9 Å². The summed E-state index contributed by atoms with van der Waals surface area (Å²) in [5, 5.41) is 0. The molecule has 0 radical (unpaired) electrons. The van der Waals surface area contributed by atoms with Crippen LogP contribution in [0.15, 0.2) is 73.3 Å². The Morgan fingerprint density at radius 1 is 0.688 bits per heavy atom. The summed E-state index contributed by atoms with van der Waals surface area (Å²) in [6.45, 7) is 9.05. The summed E-state index contributed by atoms with van der Waals surface area (Å²) in [6.07, 6.45) is 7.29. The smallest absolute Gasteiger partial charge is 0.309 e. The number of carbonyl (C=O) groups excluding carboxylic acids is 4. The highest BCUT2D eigenvalue weighted by atomic mass is 19.0.